The molecule has 1 aliphatic heterocycles. The van der Waals surface area contributed by atoms with Crippen LogP contribution in [0.2, 0.25) is 0 Å². The Hall–Kier alpha value is -1.11. The number of carbonyl (C=O) groups is 2. The topological polar surface area (TPSA) is 61.4 Å². The van der Waals surface area contributed by atoms with Crippen molar-refractivity contribution < 1.29 is 9.59 Å². The van der Waals surface area contributed by atoms with E-state index in [0.717, 1.165) is 6.54 Å². The SMILES string of the molecule is CC1CN(C(=O)C(NC(=O)c2cccs2)C(C)C)CCN1.Cl. The van der Waals surface area contributed by atoms with Gasteiger partial charge < -0.3 is 15.5 Å². The maximum Gasteiger partial charge on any atom is 0.262 e. The third-order valence-electron chi connectivity index (χ3n) is 3.64. The van der Waals surface area contributed by atoms with E-state index < -0.39 is 6.04 Å². The zero-order valence-electron chi connectivity index (χ0n) is 13.2. The first-order chi connectivity index (χ1) is 9.99. The quantitative estimate of drug-likeness (QED) is 0.874. The first-order valence-corrected chi connectivity index (χ1v) is 8.23. The Morgan fingerprint density at radius 1 is 1.45 bits per heavy atom. The number of halogens is 1. The summed E-state index contributed by atoms with van der Waals surface area (Å²) < 4.78 is 0. The highest BCUT2D eigenvalue weighted by molar-refractivity contribution is 7.12. The molecule has 1 aromatic heterocycles. The molecule has 2 N–H and O–H groups in total. The van der Waals surface area contributed by atoms with Crippen LogP contribution in [-0.4, -0.2) is 48.4 Å². The predicted octanol–water partition coefficient (Wildman–Crippen LogP) is 1.74. The number of nitrogens with one attached hydrogen (secondary N) is 2. The van der Waals surface area contributed by atoms with Gasteiger partial charge in [0.2, 0.25) is 5.91 Å². The fraction of sp³-hybridized carbons (Fsp3) is 0.600. The van der Waals surface area contributed by atoms with Crippen molar-refractivity contribution in [3.63, 3.8) is 0 Å². The average molecular weight is 346 g/mol. The number of amides is 2. The van der Waals surface area contributed by atoms with Crippen LogP contribution in [0.3, 0.4) is 0 Å². The van der Waals surface area contributed by atoms with Gasteiger partial charge in [0.15, 0.2) is 0 Å². The van der Waals surface area contributed by atoms with E-state index in [1.165, 1.54) is 11.3 Å². The second kappa shape index (κ2) is 8.50. The summed E-state index contributed by atoms with van der Waals surface area (Å²) in [6, 6.07) is 3.44. The zero-order chi connectivity index (χ0) is 15.4. The highest BCUT2D eigenvalue weighted by Gasteiger charge is 2.31. The molecule has 0 radical (unpaired) electrons. The minimum Gasteiger partial charge on any atom is -0.339 e. The number of carbonyl (C=O) groups excluding carboxylic acids is 2. The molecule has 1 fully saturated rings. The second-order valence-corrected chi connectivity index (χ2v) is 6.76. The summed E-state index contributed by atoms with van der Waals surface area (Å²) in [6.07, 6.45) is 0. The van der Waals surface area contributed by atoms with E-state index in [9.17, 15) is 9.59 Å². The van der Waals surface area contributed by atoms with Gasteiger partial charge in [-0.05, 0) is 24.3 Å². The maximum atomic E-state index is 12.7. The van der Waals surface area contributed by atoms with Gasteiger partial charge in [0, 0.05) is 25.7 Å². The van der Waals surface area contributed by atoms with E-state index in [0.29, 0.717) is 24.0 Å². The molecule has 0 aromatic carbocycles. The largest absolute Gasteiger partial charge is 0.339 e. The van der Waals surface area contributed by atoms with Crippen LogP contribution in [0, 0.1) is 5.92 Å². The Balaban J connectivity index is 0.00000242. The first-order valence-electron chi connectivity index (χ1n) is 7.35. The Kier molecular flexibility index (Phi) is 7.32. The lowest BCUT2D eigenvalue weighted by molar-refractivity contribution is -0.135. The van der Waals surface area contributed by atoms with Crippen molar-refractivity contribution in [1.82, 2.24) is 15.5 Å². The van der Waals surface area contributed by atoms with Crippen molar-refractivity contribution in [2.45, 2.75) is 32.9 Å². The van der Waals surface area contributed by atoms with Gasteiger partial charge in [-0.3, -0.25) is 9.59 Å². The number of rotatable bonds is 4. The van der Waals surface area contributed by atoms with Gasteiger partial charge in [0.25, 0.3) is 5.91 Å². The van der Waals surface area contributed by atoms with Gasteiger partial charge in [-0.25, -0.2) is 0 Å². The van der Waals surface area contributed by atoms with Crippen molar-refractivity contribution in [1.29, 1.82) is 0 Å². The highest BCUT2D eigenvalue weighted by Crippen LogP contribution is 2.12. The van der Waals surface area contributed by atoms with Crippen molar-refractivity contribution in [2.24, 2.45) is 5.92 Å². The summed E-state index contributed by atoms with van der Waals surface area (Å²) in [5.74, 6) is -0.0879. The minimum atomic E-state index is -0.468. The molecule has 0 spiro atoms. The number of hydrogen-bond donors (Lipinski definition) is 2. The summed E-state index contributed by atoms with van der Waals surface area (Å²) in [6.45, 7) is 8.18. The maximum absolute atomic E-state index is 12.7. The van der Waals surface area contributed by atoms with Crippen LogP contribution in [0.15, 0.2) is 17.5 Å². The van der Waals surface area contributed by atoms with Crippen molar-refractivity contribution in [2.75, 3.05) is 19.6 Å². The number of nitrogens with zero attached hydrogens (tertiary/aromatic N) is 1. The van der Waals surface area contributed by atoms with Crippen molar-refractivity contribution in [3.8, 4) is 0 Å². The number of thiophene rings is 1. The molecule has 124 valence electrons. The lowest BCUT2D eigenvalue weighted by atomic mass is 10.0. The van der Waals surface area contributed by atoms with Crippen LogP contribution in [-0.2, 0) is 4.79 Å². The molecule has 2 amide bonds. The molecule has 0 bridgehead atoms. The lowest BCUT2D eigenvalue weighted by Crippen LogP contribution is -2.57. The van der Waals surface area contributed by atoms with Crippen molar-refractivity contribution in [3.05, 3.63) is 22.4 Å². The summed E-state index contributed by atoms with van der Waals surface area (Å²) in [5, 5.41) is 8.07. The van der Waals surface area contributed by atoms with Gasteiger partial charge in [-0.15, -0.1) is 23.7 Å². The molecule has 5 nitrogen and oxygen atoms in total. The van der Waals surface area contributed by atoms with Crippen LogP contribution in [0.5, 0.6) is 0 Å². The summed E-state index contributed by atoms with van der Waals surface area (Å²) in [5.41, 5.74) is 0. The fourth-order valence-electron chi connectivity index (χ4n) is 2.46. The Labute approximate surface area is 141 Å². The molecule has 2 heterocycles. The third kappa shape index (κ3) is 4.69. The molecule has 2 rings (SSSR count). The van der Waals surface area contributed by atoms with Crippen LogP contribution < -0.4 is 10.6 Å². The molecule has 2 unspecified atom stereocenters. The summed E-state index contributed by atoms with van der Waals surface area (Å²) >= 11 is 1.39. The highest BCUT2D eigenvalue weighted by atomic mass is 35.5. The number of hydrogen-bond acceptors (Lipinski definition) is 4. The zero-order valence-corrected chi connectivity index (χ0v) is 14.8. The lowest BCUT2D eigenvalue weighted by Gasteiger charge is -2.35. The second-order valence-electron chi connectivity index (χ2n) is 5.81. The third-order valence-corrected chi connectivity index (χ3v) is 4.51. The summed E-state index contributed by atoms with van der Waals surface area (Å²) in [4.78, 5) is 27.4. The fourth-order valence-corrected chi connectivity index (χ4v) is 3.09. The van der Waals surface area contributed by atoms with E-state index in [4.69, 9.17) is 0 Å². The van der Waals surface area contributed by atoms with Crippen LogP contribution in [0.25, 0.3) is 0 Å². The van der Waals surface area contributed by atoms with Crippen LogP contribution >= 0.6 is 23.7 Å². The molecule has 22 heavy (non-hydrogen) atoms. The Morgan fingerprint density at radius 2 is 2.18 bits per heavy atom. The Morgan fingerprint density at radius 3 is 2.73 bits per heavy atom. The first kappa shape index (κ1) is 18.9. The Bertz CT molecular complexity index is 493. The van der Waals surface area contributed by atoms with Gasteiger partial charge in [-0.2, -0.15) is 0 Å². The predicted molar refractivity (Wildman–Crippen MR) is 91.7 cm³/mol. The molecule has 1 aliphatic rings. The molecule has 1 aromatic rings. The van der Waals surface area contributed by atoms with Crippen LogP contribution in [0.4, 0.5) is 0 Å². The molecular weight excluding hydrogens is 322 g/mol. The summed E-state index contributed by atoms with van der Waals surface area (Å²) in [7, 11) is 0. The normalized spacial score (nSPS) is 19.5. The standard InChI is InChI=1S/C15H23N3O2S.ClH/c1-10(2)13(17-14(19)12-5-4-8-21-12)15(20)18-7-6-16-11(3)9-18;/h4-5,8,10-11,13,16H,6-7,9H2,1-3H3,(H,17,19);1H. The average Bonchev–Trinajstić information content (AvgIpc) is 2.97. The van der Waals surface area contributed by atoms with E-state index in [-0.39, 0.29) is 30.1 Å². The minimum absolute atomic E-state index is 0. The van der Waals surface area contributed by atoms with Gasteiger partial charge in [0.1, 0.15) is 6.04 Å². The van der Waals surface area contributed by atoms with Gasteiger partial charge >= 0.3 is 0 Å². The van der Waals surface area contributed by atoms with E-state index >= 15 is 0 Å². The molecule has 1 saturated heterocycles. The molecule has 0 aliphatic carbocycles. The van der Waals surface area contributed by atoms with Crippen molar-refractivity contribution >= 4 is 35.6 Å². The molecule has 7 heteroatoms. The van der Waals surface area contributed by atoms with E-state index in [1.54, 1.807) is 6.07 Å². The number of piperazine rings is 1. The van der Waals surface area contributed by atoms with E-state index in [2.05, 4.69) is 17.6 Å². The molecule has 2 atom stereocenters. The van der Waals surface area contributed by atoms with E-state index in [1.807, 2.05) is 30.2 Å². The molecular formula is C15H24ClN3O2S. The monoisotopic (exact) mass is 345 g/mol. The van der Waals surface area contributed by atoms with Crippen LogP contribution in [0.1, 0.15) is 30.4 Å². The smallest absolute Gasteiger partial charge is 0.262 e. The molecule has 0 saturated carbocycles. The van der Waals surface area contributed by atoms with Gasteiger partial charge in [0.05, 0.1) is 4.88 Å². The van der Waals surface area contributed by atoms with Gasteiger partial charge in [-0.1, -0.05) is 19.9 Å².